The second-order valence-electron chi connectivity index (χ2n) is 15.7. The van der Waals surface area contributed by atoms with Gasteiger partial charge < -0.3 is 19.3 Å². The van der Waals surface area contributed by atoms with Crippen LogP contribution in [-0.4, -0.2) is 53.7 Å². The van der Waals surface area contributed by atoms with Crippen molar-refractivity contribution in [3.63, 3.8) is 0 Å². The molecule has 0 radical (unpaired) electrons. The molecule has 1 saturated heterocycles. The average Bonchev–Trinajstić information content (AvgIpc) is 3.45. The number of nitrogens with one attached hydrogen (secondary N) is 1. The number of aromatic nitrogens is 2. The van der Waals surface area contributed by atoms with E-state index in [-0.39, 0.29) is 42.5 Å². The van der Waals surface area contributed by atoms with Crippen molar-refractivity contribution in [2.75, 3.05) is 30.5 Å². The standard InChI is InChI=1S/C46H52ClN5O6/c1-29(2)58-41-28-36-32(26-40(41)57-5)27-43(54)51(44(36)31-13-15-33(47)16-14-31)35-19-17-34(18-20-35)49(3)24-10-8-6-7-9-11-30-12-21-37-39(25-30)50(4)46(56)52(37)38-22-23-42(53)48-45(38)55/h12-21,25-26,28-29,38,44H,6-11,22-24,27H2,1-5H3,(H,48,53,55). The number of imide groups is 1. The fraction of sp³-hybridized carbons (Fsp3) is 0.391. The highest BCUT2D eigenvalue weighted by molar-refractivity contribution is 6.30. The molecular weight excluding hydrogens is 754 g/mol. The minimum atomic E-state index is -0.680. The Kier molecular flexibility index (Phi) is 12.3. The number of methoxy groups -OCH3 is 1. The van der Waals surface area contributed by atoms with Crippen LogP contribution in [0.5, 0.6) is 11.5 Å². The number of unbranched alkanes of at least 4 members (excludes halogenated alkanes) is 4. The van der Waals surface area contributed by atoms with E-state index >= 15 is 0 Å². The number of imidazole rings is 1. The van der Waals surface area contributed by atoms with E-state index in [4.69, 9.17) is 21.1 Å². The molecule has 2 unspecified atom stereocenters. The van der Waals surface area contributed by atoms with Gasteiger partial charge in [0.05, 0.1) is 36.7 Å². The van der Waals surface area contributed by atoms with Gasteiger partial charge in [0.2, 0.25) is 17.7 Å². The largest absolute Gasteiger partial charge is 0.493 e. The monoisotopic (exact) mass is 805 g/mol. The number of aryl methyl sites for hydroxylation is 2. The van der Waals surface area contributed by atoms with E-state index in [1.54, 1.807) is 18.7 Å². The van der Waals surface area contributed by atoms with Crippen LogP contribution in [0.3, 0.4) is 0 Å². The van der Waals surface area contributed by atoms with E-state index in [2.05, 4.69) is 29.4 Å². The first-order valence-electron chi connectivity index (χ1n) is 20.2. The van der Waals surface area contributed by atoms with Gasteiger partial charge in [-0.15, -0.1) is 0 Å². The summed E-state index contributed by atoms with van der Waals surface area (Å²) in [6.07, 6.45) is 7.10. The van der Waals surface area contributed by atoms with Crippen molar-refractivity contribution < 1.29 is 23.9 Å². The molecule has 12 heteroatoms. The molecule has 0 bridgehead atoms. The number of ether oxygens (including phenoxy) is 2. The lowest BCUT2D eigenvalue weighted by Crippen LogP contribution is -2.44. The molecular formula is C46H52ClN5O6. The highest BCUT2D eigenvalue weighted by Gasteiger charge is 2.36. The van der Waals surface area contributed by atoms with E-state index in [1.807, 2.05) is 85.5 Å². The SMILES string of the molecule is COc1cc2c(cc1OC(C)C)C(c1ccc(Cl)cc1)N(c1ccc(N(C)CCCCCCCc3ccc4c(c3)n(C)c(=O)n4C3CCC(=O)NC3=O)cc1)C(=O)C2. The Labute approximate surface area is 344 Å². The molecule has 2 aliphatic rings. The molecule has 0 saturated carbocycles. The van der Waals surface area contributed by atoms with Gasteiger partial charge in [-0.2, -0.15) is 0 Å². The molecule has 58 heavy (non-hydrogen) atoms. The lowest BCUT2D eigenvalue weighted by molar-refractivity contribution is -0.135. The van der Waals surface area contributed by atoms with Crippen LogP contribution in [0.4, 0.5) is 11.4 Å². The Balaban J connectivity index is 0.942. The molecule has 2 atom stereocenters. The quantitative estimate of drug-likeness (QED) is 0.0841. The van der Waals surface area contributed by atoms with Crippen LogP contribution in [-0.2, 0) is 34.3 Å². The Morgan fingerprint density at radius 1 is 0.862 bits per heavy atom. The summed E-state index contributed by atoms with van der Waals surface area (Å²) in [5.41, 5.74) is 7.19. The molecule has 5 aromatic rings. The van der Waals surface area contributed by atoms with Crippen LogP contribution in [0, 0.1) is 0 Å². The third-order valence-corrected chi connectivity index (χ3v) is 11.6. The van der Waals surface area contributed by atoms with Crippen molar-refractivity contribution in [1.82, 2.24) is 14.5 Å². The smallest absolute Gasteiger partial charge is 0.329 e. The number of nitrogens with zero attached hydrogens (tertiary/aromatic N) is 4. The Morgan fingerprint density at radius 3 is 2.29 bits per heavy atom. The van der Waals surface area contributed by atoms with Crippen LogP contribution in [0.25, 0.3) is 11.0 Å². The van der Waals surface area contributed by atoms with E-state index in [9.17, 15) is 19.2 Å². The van der Waals surface area contributed by atoms with Gasteiger partial charge in [-0.3, -0.25) is 28.8 Å². The van der Waals surface area contributed by atoms with Crippen LogP contribution < -0.4 is 30.3 Å². The zero-order chi connectivity index (χ0) is 41.1. The van der Waals surface area contributed by atoms with Crippen LogP contribution >= 0.6 is 11.6 Å². The highest BCUT2D eigenvalue weighted by atomic mass is 35.5. The number of hydrogen-bond acceptors (Lipinski definition) is 7. The summed E-state index contributed by atoms with van der Waals surface area (Å²) >= 11 is 6.30. The summed E-state index contributed by atoms with van der Waals surface area (Å²) in [6.45, 7) is 4.88. The number of amides is 3. The summed E-state index contributed by atoms with van der Waals surface area (Å²) in [6, 6.07) is 24.8. The highest BCUT2D eigenvalue weighted by Crippen LogP contribution is 2.44. The number of hydrogen-bond donors (Lipinski definition) is 1. The number of piperidine rings is 1. The number of rotatable bonds is 15. The predicted octanol–water partition coefficient (Wildman–Crippen LogP) is 8.08. The van der Waals surface area contributed by atoms with Gasteiger partial charge >= 0.3 is 5.69 Å². The van der Waals surface area contributed by atoms with Gasteiger partial charge in [-0.05, 0) is 122 Å². The Hall–Kier alpha value is -5.55. The molecule has 0 spiro atoms. The molecule has 1 fully saturated rings. The third kappa shape index (κ3) is 8.50. The fourth-order valence-electron chi connectivity index (χ4n) is 8.33. The number of carbonyl (C=O) groups excluding carboxylic acids is 3. The van der Waals surface area contributed by atoms with Gasteiger partial charge in [0, 0.05) is 43.5 Å². The van der Waals surface area contributed by atoms with Gasteiger partial charge in [0.15, 0.2) is 11.5 Å². The zero-order valence-corrected chi connectivity index (χ0v) is 34.7. The Bertz CT molecular complexity index is 2370. The van der Waals surface area contributed by atoms with Crippen molar-refractivity contribution in [3.8, 4) is 11.5 Å². The molecule has 4 aromatic carbocycles. The number of halogens is 1. The Morgan fingerprint density at radius 2 is 1.59 bits per heavy atom. The van der Waals surface area contributed by atoms with Gasteiger partial charge in [0.1, 0.15) is 6.04 Å². The number of anilines is 2. The maximum Gasteiger partial charge on any atom is 0.329 e. The second kappa shape index (κ2) is 17.5. The van der Waals surface area contributed by atoms with Gasteiger partial charge in [-0.25, -0.2) is 4.79 Å². The molecule has 7 rings (SSSR count). The maximum absolute atomic E-state index is 14.0. The predicted molar refractivity (Wildman–Crippen MR) is 228 cm³/mol. The molecule has 2 aliphatic heterocycles. The van der Waals surface area contributed by atoms with E-state index in [1.165, 1.54) is 4.57 Å². The van der Waals surface area contributed by atoms with Crippen LogP contribution in [0.1, 0.15) is 93.1 Å². The number of benzene rings is 4. The van der Waals surface area contributed by atoms with Crippen molar-refractivity contribution >= 4 is 51.7 Å². The first kappa shape index (κ1) is 40.6. The fourth-order valence-corrected chi connectivity index (χ4v) is 8.45. The summed E-state index contributed by atoms with van der Waals surface area (Å²) in [4.78, 5) is 55.4. The molecule has 1 aromatic heterocycles. The minimum Gasteiger partial charge on any atom is -0.493 e. The lowest BCUT2D eigenvalue weighted by atomic mass is 9.86. The molecule has 1 N–H and O–H groups in total. The lowest BCUT2D eigenvalue weighted by Gasteiger charge is -2.38. The van der Waals surface area contributed by atoms with Crippen molar-refractivity contribution in [3.05, 3.63) is 117 Å². The average molecular weight is 806 g/mol. The number of fused-ring (bicyclic) bond motifs is 2. The van der Waals surface area contributed by atoms with Crippen molar-refractivity contribution in [2.24, 2.45) is 7.05 Å². The van der Waals surface area contributed by atoms with Crippen molar-refractivity contribution in [1.29, 1.82) is 0 Å². The van der Waals surface area contributed by atoms with Gasteiger partial charge in [-0.1, -0.05) is 49.1 Å². The first-order valence-corrected chi connectivity index (χ1v) is 20.6. The first-order chi connectivity index (χ1) is 27.9. The van der Waals surface area contributed by atoms with Gasteiger partial charge in [0.25, 0.3) is 0 Å². The molecule has 0 aliphatic carbocycles. The molecule has 11 nitrogen and oxygen atoms in total. The van der Waals surface area contributed by atoms with Crippen molar-refractivity contribution in [2.45, 2.75) is 89.8 Å². The van der Waals surface area contributed by atoms with E-state index in [0.29, 0.717) is 28.5 Å². The summed E-state index contributed by atoms with van der Waals surface area (Å²) < 4.78 is 14.9. The topological polar surface area (TPSA) is 115 Å². The maximum atomic E-state index is 14.0. The van der Waals surface area contributed by atoms with Crippen LogP contribution in [0.15, 0.2) is 83.7 Å². The summed E-state index contributed by atoms with van der Waals surface area (Å²) in [7, 11) is 5.45. The van der Waals surface area contributed by atoms with Crippen LogP contribution in [0.2, 0.25) is 5.02 Å². The van der Waals surface area contributed by atoms with E-state index < -0.39 is 11.9 Å². The molecule has 3 amide bonds. The molecule has 3 heterocycles. The van der Waals surface area contributed by atoms with E-state index in [0.717, 1.165) is 84.2 Å². The second-order valence-corrected chi connectivity index (χ2v) is 16.2. The zero-order valence-electron chi connectivity index (χ0n) is 33.9. The third-order valence-electron chi connectivity index (χ3n) is 11.3. The molecule has 304 valence electrons. The normalized spacial score (nSPS) is 16.8. The minimum absolute atomic E-state index is 0.00294. The summed E-state index contributed by atoms with van der Waals surface area (Å²) in [5, 5.41) is 3.00. The summed E-state index contributed by atoms with van der Waals surface area (Å²) in [5.74, 6) is 0.543. The number of carbonyl (C=O) groups is 3.